The van der Waals surface area contributed by atoms with Gasteiger partial charge in [0.2, 0.25) is 0 Å². The first-order chi connectivity index (χ1) is 9.47. The summed E-state index contributed by atoms with van der Waals surface area (Å²) >= 11 is 5.81. The lowest BCUT2D eigenvalue weighted by Gasteiger charge is -2.20. The molecular weight excluding hydrogens is 278 g/mol. The summed E-state index contributed by atoms with van der Waals surface area (Å²) in [7, 11) is 1.31. The van der Waals surface area contributed by atoms with Gasteiger partial charge >= 0.3 is 5.97 Å². The lowest BCUT2D eigenvalue weighted by Crippen LogP contribution is -2.43. The van der Waals surface area contributed by atoms with Crippen molar-refractivity contribution in [3.63, 3.8) is 0 Å². The van der Waals surface area contributed by atoms with Crippen LogP contribution in [-0.4, -0.2) is 30.9 Å². The molecule has 0 aliphatic rings. The van der Waals surface area contributed by atoms with Gasteiger partial charge in [-0.2, -0.15) is 0 Å². The minimum absolute atomic E-state index is 0.0162. The third-order valence-electron chi connectivity index (χ3n) is 3.14. The highest BCUT2D eigenvalue weighted by atomic mass is 35.5. The number of hydrogen-bond donors (Lipinski definition) is 1. The second-order valence-electron chi connectivity index (χ2n) is 4.68. The highest BCUT2D eigenvalue weighted by molar-refractivity contribution is 6.30. The molecule has 0 saturated carbocycles. The number of carbonyl (C=O) groups excluding carboxylic acids is 2. The van der Waals surface area contributed by atoms with Crippen molar-refractivity contribution in [3.8, 4) is 0 Å². The number of methoxy groups -OCH3 is 1. The molecule has 0 fully saturated rings. The summed E-state index contributed by atoms with van der Waals surface area (Å²) in [6.07, 6.45) is 0.883. The Hall–Kier alpha value is -1.39. The zero-order chi connectivity index (χ0) is 15.1. The van der Waals surface area contributed by atoms with Crippen molar-refractivity contribution in [1.82, 2.24) is 5.32 Å². The summed E-state index contributed by atoms with van der Waals surface area (Å²) in [5.74, 6) is -0.541. The Morgan fingerprint density at radius 2 is 1.90 bits per heavy atom. The van der Waals surface area contributed by atoms with Gasteiger partial charge in [-0.25, -0.2) is 0 Å². The van der Waals surface area contributed by atoms with E-state index in [4.69, 9.17) is 11.6 Å². The summed E-state index contributed by atoms with van der Waals surface area (Å²) in [5.41, 5.74) is 0.527. The van der Waals surface area contributed by atoms with Crippen molar-refractivity contribution in [1.29, 1.82) is 0 Å². The van der Waals surface area contributed by atoms with E-state index in [2.05, 4.69) is 10.1 Å². The predicted octanol–water partition coefficient (Wildman–Crippen LogP) is 2.84. The molecule has 110 valence electrons. The van der Waals surface area contributed by atoms with Crippen molar-refractivity contribution < 1.29 is 14.3 Å². The molecule has 0 heterocycles. The van der Waals surface area contributed by atoms with Gasteiger partial charge in [-0.3, -0.25) is 9.59 Å². The molecule has 2 unspecified atom stereocenters. The topological polar surface area (TPSA) is 55.4 Å². The standard InChI is InChI=1S/C15H20ClNO3/c1-4-10(2)17-13(9-14(18)20-3)15(19)11-5-7-12(16)8-6-11/h5-8,10,13,17H,4,9H2,1-3H3. The van der Waals surface area contributed by atoms with Crippen LogP contribution >= 0.6 is 11.6 Å². The van der Waals surface area contributed by atoms with Crippen molar-refractivity contribution in [2.75, 3.05) is 7.11 Å². The Bertz CT molecular complexity index is 459. The van der Waals surface area contributed by atoms with Gasteiger partial charge in [0.25, 0.3) is 0 Å². The van der Waals surface area contributed by atoms with E-state index in [1.807, 2.05) is 13.8 Å². The molecule has 0 aromatic heterocycles. The Balaban J connectivity index is 2.87. The monoisotopic (exact) mass is 297 g/mol. The number of Topliss-reactive ketones (excluding diaryl/α,β-unsaturated/α-hetero) is 1. The molecule has 1 aromatic rings. The van der Waals surface area contributed by atoms with Crippen LogP contribution in [0.1, 0.15) is 37.0 Å². The number of esters is 1. The van der Waals surface area contributed by atoms with E-state index in [9.17, 15) is 9.59 Å². The fourth-order valence-electron chi connectivity index (χ4n) is 1.75. The largest absolute Gasteiger partial charge is 0.469 e. The van der Waals surface area contributed by atoms with Crippen LogP contribution in [0.4, 0.5) is 0 Å². The van der Waals surface area contributed by atoms with E-state index >= 15 is 0 Å². The van der Waals surface area contributed by atoms with Gasteiger partial charge in [-0.15, -0.1) is 0 Å². The van der Waals surface area contributed by atoms with Gasteiger partial charge in [0.1, 0.15) is 0 Å². The predicted molar refractivity (Wildman–Crippen MR) is 79.1 cm³/mol. The Morgan fingerprint density at radius 3 is 2.40 bits per heavy atom. The van der Waals surface area contributed by atoms with Crippen LogP contribution in [0.25, 0.3) is 0 Å². The van der Waals surface area contributed by atoms with E-state index < -0.39 is 12.0 Å². The molecular formula is C15H20ClNO3. The summed E-state index contributed by atoms with van der Waals surface area (Å²) in [6.45, 7) is 3.99. The molecule has 0 radical (unpaired) electrons. The smallest absolute Gasteiger partial charge is 0.307 e. The SMILES string of the molecule is CCC(C)NC(CC(=O)OC)C(=O)c1ccc(Cl)cc1. The van der Waals surface area contributed by atoms with Crippen LogP contribution in [0.2, 0.25) is 5.02 Å². The number of ketones is 1. The highest BCUT2D eigenvalue weighted by Crippen LogP contribution is 2.13. The molecule has 1 rings (SSSR count). The number of benzene rings is 1. The molecule has 4 nitrogen and oxygen atoms in total. The second-order valence-corrected chi connectivity index (χ2v) is 5.12. The first-order valence-corrected chi connectivity index (χ1v) is 6.98. The van der Waals surface area contributed by atoms with Gasteiger partial charge < -0.3 is 10.1 Å². The number of ether oxygens (including phenoxy) is 1. The van der Waals surface area contributed by atoms with Crippen molar-refractivity contribution in [2.45, 2.75) is 38.8 Å². The summed E-state index contributed by atoms with van der Waals surface area (Å²) in [6, 6.07) is 6.19. The first-order valence-electron chi connectivity index (χ1n) is 6.60. The van der Waals surface area contributed by atoms with Gasteiger partial charge in [0, 0.05) is 16.6 Å². The average molecular weight is 298 g/mol. The van der Waals surface area contributed by atoms with Gasteiger partial charge in [0.05, 0.1) is 19.6 Å². The van der Waals surface area contributed by atoms with E-state index in [0.29, 0.717) is 10.6 Å². The number of halogens is 1. The molecule has 0 aliphatic heterocycles. The molecule has 5 heteroatoms. The molecule has 0 spiro atoms. The minimum atomic E-state index is -0.585. The zero-order valence-corrected chi connectivity index (χ0v) is 12.7. The van der Waals surface area contributed by atoms with Crippen molar-refractivity contribution >= 4 is 23.4 Å². The summed E-state index contributed by atoms with van der Waals surface area (Å²) in [4.78, 5) is 23.9. The summed E-state index contributed by atoms with van der Waals surface area (Å²) < 4.78 is 4.65. The Kier molecular flexibility index (Phi) is 6.68. The fourth-order valence-corrected chi connectivity index (χ4v) is 1.88. The maximum atomic E-state index is 12.4. The maximum absolute atomic E-state index is 12.4. The maximum Gasteiger partial charge on any atom is 0.307 e. The molecule has 1 aromatic carbocycles. The molecule has 0 amide bonds. The second kappa shape index (κ2) is 8.02. The number of hydrogen-bond acceptors (Lipinski definition) is 4. The number of rotatable bonds is 7. The van der Waals surface area contributed by atoms with Crippen LogP contribution in [0.15, 0.2) is 24.3 Å². The number of carbonyl (C=O) groups is 2. The van der Waals surface area contributed by atoms with Crippen LogP contribution in [0.5, 0.6) is 0 Å². The molecule has 1 N–H and O–H groups in total. The minimum Gasteiger partial charge on any atom is -0.469 e. The average Bonchev–Trinajstić information content (AvgIpc) is 2.46. The Labute approximate surface area is 124 Å². The van der Waals surface area contributed by atoms with E-state index in [-0.39, 0.29) is 18.2 Å². The lowest BCUT2D eigenvalue weighted by atomic mass is 10.0. The molecule has 0 bridgehead atoms. The van der Waals surface area contributed by atoms with Gasteiger partial charge in [0.15, 0.2) is 5.78 Å². The molecule has 0 aliphatic carbocycles. The lowest BCUT2D eigenvalue weighted by molar-refractivity contribution is -0.141. The molecule has 2 atom stereocenters. The van der Waals surface area contributed by atoms with Crippen LogP contribution in [-0.2, 0) is 9.53 Å². The zero-order valence-electron chi connectivity index (χ0n) is 12.0. The normalized spacial score (nSPS) is 13.6. The molecule has 20 heavy (non-hydrogen) atoms. The van der Waals surface area contributed by atoms with Crippen LogP contribution in [0, 0.1) is 0 Å². The highest BCUT2D eigenvalue weighted by Gasteiger charge is 2.24. The number of nitrogens with one attached hydrogen (secondary N) is 1. The first kappa shape index (κ1) is 16.7. The third-order valence-corrected chi connectivity index (χ3v) is 3.39. The van der Waals surface area contributed by atoms with E-state index in [0.717, 1.165) is 6.42 Å². The van der Waals surface area contributed by atoms with Crippen LogP contribution < -0.4 is 5.32 Å². The van der Waals surface area contributed by atoms with Gasteiger partial charge in [-0.05, 0) is 37.6 Å². The van der Waals surface area contributed by atoms with Crippen LogP contribution in [0.3, 0.4) is 0 Å². The molecule has 0 saturated heterocycles. The quantitative estimate of drug-likeness (QED) is 0.621. The van der Waals surface area contributed by atoms with Crippen molar-refractivity contribution in [2.24, 2.45) is 0 Å². The van der Waals surface area contributed by atoms with E-state index in [1.165, 1.54) is 7.11 Å². The Morgan fingerprint density at radius 1 is 1.30 bits per heavy atom. The summed E-state index contributed by atoms with van der Waals surface area (Å²) in [5, 5.41) is 3.73. The van der Waals surface area contributed by atoms with E-state index in [1.54, 1.807) is 24.3 Å². The van der Waals surface area contributed by atoms with Crippen molar-refractivity contribution in [3.05, 3.63) is 34.9 Å². The fraction of sp³-hybridized carbons (Fsp3) is 0.467. The third kappa shape index (κ3) is 4.94. The van der Waals surface area contributed by atoms with Gasteiger partial charge in [-0.1, -0.05) is 18.5 Å².